The number of nitro groups is 1. The van der Waals surface area contributed by atoms with E-state index in [0.29, 0.717) is 6.07 Å². The second-order valence-electron chi connectivity index (χ2n) is 5.17. The number of nitrogens with zero attached hydrogens (tertiary/aromatic N) is 2. The van der Waals surface area contributed by atoms with Crippen LogP contribution in [0.5, 0.6) is 0 Å². The van der Waals surface area contributed by atoms with Crippen molar-refractivity contribution in [1.82, 2.24) is 0 Å². The predicted octanol–water partition coefficient (Wildman–Crippen LogP) is 3.12. The average molecular weight is 333 g/mol. The number of halogens is 3. The number of alkyl halides is 1. The minimum absolute atomic E-state index is 0.0366. The predicted molar refractivity (Wildman–Crippen MR) is 78.5 cm³/mol. The highest BCUT2D eigenvalue weighted by Gasteiger charge is 2.47. The van der Waals surface area contributed by atoms with Crippen LogP contribution in [0.25, 0.3) is 0 Å². The zero-order chi connectivity index (χ0) is 16.7. The lowest BCUT2D eigenvalue weighted by molar-refractivity contribution is -0.385. The lowest BCUT2D eigenvalue weighted by atomic mass is 9.78. The van der Waals surface area contributed by atoms with Gasteiger partial charge in [0.05, 0.1) is 11.0 Å². The molecular formula is C13H14F3N3O2S. The van der Waals surface area contributed by atoms with E-state index in [1.54, 1.807) is 13.8 Å². The second kappa shape index (κ2) is 5.79. The lowest BCUT2D eigenvalue weighted by Crippen LogP contribution is -2.45. The molecule has 1 aromatic rings. The Morgan fingerprint density at radius 1 is 1.45 bits per heavy atom. The highest BCUT2D eigenvalue weighted by atomic mass is 32.2. The van der Waals surface area contributed by atoms with Gasteiger partial charge in [-0.3, -0.25) is 10.1 Å². The molecule has 3 atom stereocenters. The van der Waals surface area contributed by atoms with Crippen LogP contribution in [-0.2, 0) is 5.54 Å². The van der Waals surface area contributed by atoms with Crippen LogP contribution in [0.2, 0.25) is 0 Å². The first-order valence-electron chi connectivity index (χ1n) is 6.44. The van der Waals surface area contributed by atoms with Gasteiger partial charge in [0, 0.05) is 22.8 Å². The SMILES string of the molecule is CC1SC(N)=N[C@](CF)(c2cc([N+](=O)[O-])cc(F)c2F)C1C. The van der Waals surface area contributed by atoms with Crippen molar-refractivity contribution in [2.24, 2.45) is 16.6 Å². The summed E-state index contributed by atoms with van der Waals surface area (Å²) in [5.74, 6) is -3.29. The van der Waals surface area contributed by atoms with Crippen LogP contribution in [0.1, 0.15) is 19.4 Å². The van der Waals surface area contributed by atoms with Gasteiger partial charge in [-0.2, -0.15) is 0 Å². The van der Waals surface area contributed by atoms with Gasteiger partial charge < -0.3 is 5.73 Å². The van der Waals surface area contributed by atoms with Gasteiger partial charge in [0.1, 0.15) is 12.2 Å². The highest BCUT2D eigenvalue weighted by molar-refractivity contribution is 8.14. The van der Waals surface area contributed by atoms with Crippen molar-refractivity contribution in [3.8, 4) is 0 Å². The lowest BCUT2D eigenvalue weighted by Gasteiger charge is -2.40. The summed E-state index contributed by atoms with van der Waals surface area (Å²) < 4.78 is 41.7. The molecule has 1 aromatic carbocycles. The molecule has 0 bridgehead atoms. The number of thioether (sulfide) groups is 1. The molecule has 120 valence electrons. The third-order valence-electron chi connectivity index (χ3n) is 3.97. The van der Waals surface area contributed by atoms with Crippen LogP contribution in [-0.4, -0.2) is 22.0 Å². The molecule has 22 heavy (non-hydrogen) atoms. The normalized spacial score (nSPS) is 28.3. The summed E-state index contributed by atoms with van der Waals surface area (Å²) in [6.07, 6.45) is 0. The number of nitrogens with two attached hydrogens (primary N) is 1. The van der Waals surface area contributed by atoms with Crippen molar-refractivity contribution in [3.05, 3.63) is 39.4 Å². The van der Waals surface area contributed by atoms with E-state index in [1.807, 2.05) is 0 Å². The van der Waals surface area contributed by atoms with Crippen LogP contribution >= 0.6 is 11.8 Å². The number of non-ortho nitro benzene ring substituents is 1. The quantitative estimate of drug-likeness (QED) is 0.680. The van der Waals surface area contributed by atoms with Crippen LogP contribution < -0.4 is 5.73 Å². The van der Waals surface area contributed by atoms with Crippen LogP contribution in [0.15, 0.2) is 17.1 Å². The fraction of sp³-hybridized carbons (Fsp3) is 0.462. The van der Waals surface area contributed by atoms with Gasteiger partial charge in [-0.05, 0) is 0 Å². The van der Waals surface area contributed by atoms with Gasteiger partial charge in [-0.15, -0.1) is 0 Å². The van der Waals surface area contributed by atoms with Crippen molar-refractivity contribution in [2.45, 2.75) is 24.6 Å². The summed E-state index contributed by atoms with van der Waals surface area (Å²) in [7, 11) is 0. The van der Waals surface area contributed by atoms with E-state index in [0.717, 1.165) is 6.07 Å². The molecule has 9 heteroatoms. The van der Waals surface area contributed by atoms with Crippen molar-refractivity contribution in [3.63, 3.8) is 0 Å². The van der Waals surface area contributed by atoms with Crippen molar-refractivity contribution < 1.29 is 18.1 Å². The highest BCUT2D eigenvalue weighted by Crippen LogP contribution is 2.45. The molecule has 1 aliphatic heterocycles. The molecule has 0 fully saturated rings. The van der Waals surface area contributed by atoms with Gasteiger partial charge >= 0.3 is 0 Å². The minimum Gasteiger partial charge on any atom is -0.379 e. The number of amidine groups is 1. The molecule has 0 aromatic heterocycles. The molecule has 0 saturated carbocycles. The first kappa shape index (κ1) is 16.6. The molecule has 0 aliphatic carbocycles. The molecule has 2 unspecified atom stereocenters. The number of rotatable bonds is 3. The topological polar surface area (TPSA) is 81.5 Å². The van der Waals surface area contributed by atoms with E-state index in [4.69, 9.17) is 5.73 Å². The first-order valence-corrected chi connectivity index (χ1v) is 7.32. The Balaban J connectivity index is 2.75. The number of hydrogen-bond donors (Lipinski definition) is 1. The van der Waals surface area contributed by atoms with Crippen LogP contribution in [0.3, 0.4) is 0 Å². The monoisotopic (exact) mass is 333 g/mol. The summed E-state index contributed by atoms with van der Waals surface area (Å²) in [6, 6.07) is 1.29. The molecule has 1 heterocycles. The molecular weight excluding hydrogens is 319 g/mol. The smallest absolute Gasteiger partial charge is 0.272 e. The molecule has 0 amide bonds. The minimum atomic E-state index is -1.77. The van der Waals surface area contributed by atoms with Gasteiger partial charge in [0.2, 0.25) is 0 Å². The average Bonchev–Trinajstić information content (AvgIpc) is 2.45. The van der Waals surface area contributed by atoms with E-state index in [2.05, 4.69) is 4.99 Å². The Morgan fingerprint density at radius 3 is 2.64 bits per heavy atom. The van der Waals surface area contributed by atoms with Crippen LogP contribution in [0.4, 0.5) is 18.9 Å². The van der Waals surface area contributed by atoms with E-state index in [-0.39, 0.29) is 10.4 Å². The number of hydrogen-bond acceptors (Lipinski definition) is 5. The Labute approximate surface area is 128 Å². The standard InChI is InChI=1S/C13H14F3N3O2S/c1-6-7(2)22-12(17)18-13(6,5-14)9-3-8(19(20)21)4-10(15)11(9)16/h3-4,6-7H,5H2,1-2H3,(H2,17,18)/t6?,7?,13-/m0/s1. The summed E-state index contributed by atoms with van der Waals surface area (Å²) in [5, 5.41) is 10.7. The molecule has 0 spiro atoms. The number of benzene rings is 1. The fourth-order valence-electron chi connectivity index (χ4n) is 2.53. The van der Waals surface area contributed by atoms with Crippen molar-refractivity contribution in [2.75, 3.05) is 6.67 Å². The zero-order valence-corrected chi connectivity index (χ0v) is 12.7. The maximum Gasteiger partial charge on any atom is 0.272 e. The summed E-state index contributed by atoms with van der Waals surface area (Å²) in [4.78, 5) is 14.0. The Morgan fingerprint density at radius 2 is 2.09 bits per heavy atom. The van der Waals surface area contributed by atoms with Gasteiger partial charge in [0.15, 0.2) is 16.8 Å². The first-order chi connectivity index (χ1) is 10.2. The Kier molecular flexibility index (Phi) is 4.37. The summed E-state index contributed by atoms with van der Waals surface area (Å²) >= 11 is 1.19. The number of aliphatic imine (C=N–C) groups is 1. The number of nitro benzene ring substituents is 1. The van der Waals surface area contributed by atoms with Gasteiger partial charge in [-0.25, -0.2) is 18.2 Å². The second-order valence-corrected chi connectivity index (χ2v) is 6.56. The molecule has 2 N–H and O–H groups in total. The van der Waals surface area contributed by atoms with E-state index in [1.165, 1.54) is 11.8 Å². The Bertz CT molecular complexity index is 656. The maximum atomic E-state index is 14.2. The van der Waals surface area contributed by atoms with Gasteiger partial charge in [-0.1, -0.05) is 25.6 Å². The molecule has 0 saturated heterocycles. The molecule has 5 nitrogen and oxygen atoms in total. The maximum absolute atomic E-state index is 14.2. The van der Waals surface area contributed by atoms with E-state index >= 15 is 0 Å². The van der Waals surface area contributed by atoms with Crippen molar-refractivity contribution in [1.29, 1.82) is 0 Å². The Hall–Kier alpha value is -1.77. The third kappa shape index (κ3) is 2.53. The largest absolute Gasteiger partial charge is 0.379 e. The van der Waals surface area contributed by atoms with Crippen molar-refractivity contribution >= 4 is 22.6 Å². The molecule has 1 aliphatic rings. The van der Waals surface area contributed by atoms with E-state index < -0.39 is 45.9 Å². The summed E-state index contributed by atoms with van der Waals surface area (Å²) in [6.45, 7) is 2.24. The van der Waals surface area contributed by atoms with Crippen LogP contribution in [0, 0.1) is 27.7 Å². The zero-order valence-electron chi connectivity index (χ0n) is 11.8. The molecule has 2 rings (SSSR count). The van der Waals surface area contributed by atoms with Gasteiger partial charge in [0.25, 0.3) is 5.69 Å². The van der Waals surface area contributed by atoms with E-state index in [9.17, 15) is 23.3 Å². The summed E-state index contributed by atoms with van der Waals surface area (Å²) in [5.41, 5.74) is 2.75. The third-order valence-corrected chi connectivity index (χ3v) is 5.08. The molecule has 0 radical (unpaired) electrons. The fourth-order valence-corrected chi connectivity index (χ4v) is 3.56.